The van der Waals surface area contributed by atoms with Crippen molar-refractivity contribution in [2.24, 2.45) is 0 Å². The third-order valence-electron chi connectivity index (χ3n) is 6.25. The summed E-state index contributed by atoms with van der Waals surface area (Å²) in [6.45, 7) is 20.6. The fraction of sp³-hybridized carbons (Fsp3) is 0.355. The van der Waals surface area contributed by atoms with Crippen molar-refractivity contribution in [2.45, 2.75) is 48.5 Å². The summed E-state index contributed by atoms with van der Waals surface area (Å²) in [6, 6.07) is 16.9. The molecule has 1 aliphatic heterocycles. The summed E-state index contributed by atoms with van der Waals surface area (Å²) in [7, 11) is 5.78. The molecule has 3 aromatic carbocycles. The van der Waals surface area contributed by atoms with Crippen LogP contribution in [0.25, 0.3) is 0 Å². The van der Waals surface area contributed by atoms with Crippen molar-refractivity contribution >= 4 is 25.7 Å². The summed E-state index contributed by atoms with van der Waals surface area (Å²) < 4.78 is 12.9. The molecule has 0 amide bonds. The smallest absolute Gasteiger partial charge is 0.0146 e. The SMILES string of the molecule is CCOc1ccc(OCC)c([CH]=[Ru][Cl])c1.Cc1cc(C)c(N2[CH-]N(c3c(C)cccc3C)CC2)c(C)c1. The molecule has 1 aliphatic rings. The maximum absolute atomic E-state index is 5.78. The fourth-order valence-corrected chi connectivity index (χ4v) is 6.00. The molecular formula is C31H39ClN2O2Ru-. The molecule has 0 N–H and O–H groups in total. The van der Waals surface area contributed by atoms with E-state index >= 15 is 0 Å². The standard InChI is InChI=1S/C20H25N2.C11H14O2.ClH.Ru/c1-14-11-17(4)20(18(5)12-14)22-10-9-21(13-22)19-15(2)7-6-8-16(19)3;1-4-12-10-6-7-11(13-5-2)9(3)8-10;;/h6-8,11-13H,9-10H2,1-5H3;3,6-8H,4-5H2,1-2H3;1H;/q-1;;;+1/p-1. The average Bonchev–Trinajstić information content (AvgIpc) is 3.30. The average molecular weight is 608 g/mol. The Balaban J connectivity index is 0.000000222. The van der Waals surface area contributed by atoms with Gasteiger partial charge >= 0.3 is 102 Å². The summed E-state index contributed by atoms with van der Waals surface area (Å²) in [6.07, 6.45) is 0. The molecule has 0 unspecified atom stereocenters. The summed E-state index contributed by atoms with van der Waals surface area (Å²) in [5, 5.41) is 0. The number of benzene rings is 3. The number of nitrogens with zero attached hydrogens (tertiary/aromatic N) is 2. The normalized spacial score (nSPS) is 13.3. The first-order chi connectivity index (χ1) is 17.8. The Morgan fingerprint density at radius 1 is 0.811 bits per heavy atom. The first-order valence-corrected chi connectivity index (χ1v) is 16.0. The number of para-hydroxylation sites is 1. The molecule has 4 rings (SSSR count). The van der Waals surface area contributed by atoms with Gasteiger partial charge in [0.25, 0.3) is 0 Å². The van der Waals surface area contributed by atoms with Gasteiger partial charge in [0.15, 0.2) is 0 Å². The number of aryl methyl sites for hydroxylation is 5. The molecule has 0 atom stereocenters. The van der Waals surface area contributed by atoms with Crippen molar-refractivity contribution in [3.8, 4) is 11.5 Å². The molecule has 1 fully saturated rings. The predicted molar refractivity (Wildman–Crippen MR) is 155 cm³/mol. The quantitative estimate of drug-likeness (QED) is 0.205. The molecule has 0 aliphatic carbocycles. The molecule has 1 saturated heterocycles. The van der Waals surface area contributed by atoms with Crippen molar-refractivity contribution in [1.29, 1.82) is 0 Å². The van der Waals surface area contributed by atoms with Crippen LogP contribution in [-0.4, -0.2) is 30.9 Å². The first kappa shape index (κ1) is 29.2. The Bertz CT molecular complexity index is 1180. The van der Waals surface area contributed by atoms with Crippen molar-refractivity contribution in [3.05, 3.63) is 88.6 Å². The molecule has 0 radical (unpaired) electrons. The van der Waals surface area contributed by atoms with Crippen molar-refractivity contribution < 1.29 is 25.2 Å². The van der Waals surface area contributed by atoms with Crippen molar-refractivity contribution in [3.63, 3.8) is 0 Å². The van der Waals surface area contributed by atoms with E-state index in [9.17, 15) is 0 Å². The van der Waals surface area contributed by atoms with Gasteiger partial charge in [-0.15, -0.1) is 0 Å². The summed E-state index contributed by atoms with van der Waals surface area (Å²) in [5.41, 5.74) is 10.5. The largest absolute Gasteiger partial charge is 0.502 e. The molecule has 37 heavy (non-hydrogen) atoms. The number of rotatable bonds is 7. The van der Waals surface area contributed by atoms with E-state index in [1.807, 2.05) is 36.7 Å². The second-order valence-corrected chi connectivity index (χ2v) is 11.0. The van der Waals surface area contributed by atoms with Crippen LogP contribution in [-0.2, 0) is 15.7 Å². The van der Waals surface area contributed by atoms with Gasteiger partial charge in [-0.3, -0.25) is 0 Å². The number of hydrogen-bond acceptors (Lipinski definition) is 4. The van der Waals surface area contributed by atoms with Gasteiger partial charge in [0.2, 0.25) is 0 Å². The fourth-order valence-electron chi connectivity index (χ4n) is 4.91. The van der Waals surface area contributed by atoms with Crippen LogP contribution in [0, 0.1) is 41.3 Å². The molecule has 1 heterocycles. The Morgan fingerprint density at radius 2 is 1.38 bits per heavy atom. The molecule has 201 valence electrons. The summed E-state index contributed by atoms with van der Waals surface area (Å²) in [5.74, 6) is 1.73. The first-order valence-electron chi connectivity index (χ1n) is 12.8. The van der Waals surface area contributed by atoms with Crippen molar-refractivity contribution in [2.75, 3.05) is 36.1 Å². The van der Waals surface area contributed by atoms with E-state index in [1.165, 1.54) is 39.2 Å². The third kappa shape index (κ3) is 7.58. The van der Waals surface area contributed by atoms with Gasteiger partial charge < -0.3 is 9.80 Å². The van der Waals surface area contributed by atoms with Crippen molar-refractivity contribution in [1.82, 2.24) is 0 Å². The summed E-state index contributed by atoms with van der Waals surface area (Å²) in [4.78, 5) is 4.79. The second-order valence-electron chi connectivity index (χ2n) is 9.23. The van der Waals surface area contributed by atoms with Gasteiger partial charge in [-0.25, -0.2) is 0 Å². The maximum Gasteiger partial charge on any atom is 0.0146 e. The molecule has 0 spiro atoms. The van der Waals surface area contributed by atoms with Gasteiger partial charge in [-0.2, -0.15) is 6.67 Å². The van der Waals surface area contributed by atoms with E-state index in [-0.39, 0.29) is 15.7 Å². The van der Waals surface area contributed by atoms with E-state index in [2.05, 4.69) is 81.4 Å². The van der Waals surface area contributed by atoms with Gasteiger partial charge in [0.1, 0.15) is 0 Å². The summed E-state index contributed by atoms with van der Waals surface area (Å²) >= 11 is -0.251. The molecule has 0 saturated carbocycles. The minimum Gasteiger partial charge on any atom is -0.502 e. The second kappa shape index (κ2) is 14.0. The van der Waals surface area contributed by atoms with Crippen LogP contribution in [0.4, 0.5) is 11.4 Å². The molecular weight excluding hydrogens is 569 g/mol. The predicted octanol–water partition coefficient (Wildman–Crippen LogP) is 7.55. The number of anilines is 2. The zero-order valence-electron chi connectivity index (χ0n) is 23.0. The van der Waals surface area contributed by atoms with Gasteiger partial charge in [-0.1, -0.05) is 35.9 Å². The Morgan fingerprint density at radius 3 is 1.92 bits per heavy atom. The monoisotopic (exact) mass is 608 g/mol. The van der Waals surface area contributed by atoms with E-state index < -0.39 is 0 Å². The Hall–Kier alpha value is -2.36. The van der Waals surface area contributed by atoms with Crippen LogP contribution in [0.3, 0.4) is 0 Å². The van der Waals surface area contributed by atoms with E-state index in [0.29, 0.717) is 13.2 Å². The molecule has 6 heteroatoms. The minimum absolute atomic E-state index is 0.251. The Kier molecular flexibility index (Phi) is 11.0. The number of ether oxygens (including phenoxy) is 2. The van der Waals surface area contributed by atoms with E-state index in [1.54, 1.807) is 0 Å². The zero-order valence-corrected chi connectivity index (χ0v) is 25.5. The van der Waals surface area contributed by atoms with Crippen LogP contribution in [0.1, 0.15) is 47.2 Å². The molecule has 0 bridgehead atoms. The third-order valence-corrected chi connectivity index (χ3v) is 7.44. The van der Waals surface area contributed by atoms with Crippen LogP contribution in [0.2, 0.25) is 0 Å². The minimum atomic E-state index is -0.251. The maximum atomic E-state index is 5.78. The van der Waals surface area contributed by atoms with Crippen LogP contribution >= 0.6 is 9.69 Å². The molecule has 4 nitrogen and oxygen atoms in total. The number of hydrogen-bond donors (Lipinski definition) is 0. The Labute approximate surface area is 234 Å². The van der Waals surface area contributed by atoms with E-state index in [0.717, 1.165) is 30.2 Å². The van der Waals surface area contributed by atoms with Crippen LogP contribution in [0.15, 0.2) is 48.5 Å². The topological polar surface area (TPSA) is 24.9 Å². The number of halogens is 1. The van der Waals surface area contributed by atoms with E-state index in [4.69, 9.17) is 19.2 Å². The van der Waals surface area contributed by atoms with Gasteiger partial charge in [0, 0.05) is 24.5 Å². The van der Waals surface area contributed by atoms with Crippen LogP contribution < -0.4 is 19.3 Å². The molecule has 3 aromatic rings. The van der Waals surface area contributed by atoms with Gasteiger partial charge in [0.05, 0.1) is 0 Å². The van der Waals surface area contributed by atoms with Crippen LogP contribution in [0.5, 0.6) is 11.5 Å². The zero-order chi connectivity index (χ0) is 26.9. The van der Waals surface area contributed by atoms with Gasteiger partial charge in [-0.05, 0) is 56.9 Å². The molecule has 0 aromatic heterocycles.